The van der Waals surface area contributed by atoms with Gasteiger partial charge in [0, 0.05) is 11.1 Å². The van der Waals surface area contributed by atoms with Crippen LogP contribution >= 0.6 is 22.9 Å². The molecule has 2 aromatic rings. The highest BCUT2D eigenvalue weighted by Gasteiger charge is 2.18. The maximum atomic E-state index is 12.3. The van der Waals surface area contributed by atoms with Gasteiger partial charge in [-0.2, -0.15) is 0 Å². The van der Waals surface area contributed by atoms with Crippen molar-refractivity contribution in [1.82, 2.24) is 5.32 Å². The van der Waals surface area contributed by atoms with Crippen molar-refractivity contribution in [2.45, 2.75) is 26.3 Å². The fourth-order valence-corrected chi connectivity index (χ4v) is 2.81. The van der Waals surface area contributed by atoms with E-state index >= 15 is 0 Å². The molecule has 6 nitrogen and oxygen atoms in total. The van der Waals surface area contributed by atoms with E-state index in [1.807, 2.05) is 13.8 Å². The van der Waals surface area contributed by atoms with Gasteiger partial charge in [-0.3, -0.25) is 9.59 Å². The molecule has 8 heteroatoms. The molecule has 1 aromatic heterocycles. The summed E-state index contributed by atoms with van der Waals surface area (Å²) < 4.78 is 5.05. The summed E-state index contributed by atoms with van der Waals surface area (Å²) in [4.78, 5) is 36.8. The summed E-state index contributed by atoms with van der Waals surface area (Å²) in [6.07, 6.45) is 0.774. The molecule has 0 saturated heterocycles. The fourth-order valence-electron chi connectivity index (χ4n) is 2.02. The van der Waals surface area contributed by atoms with Gasteiger partial charge < -0.3 is 15.4 Å². The number of anilines is 1. The third kappa shape index (κ3) is 5.57. The van der Waals surface area contributed by atoms with Crippen molar-refractivity contribution >= 4 is 46.4 Å². The van der Waals surface area contributed by atoms with Gasteiger partial charge in [0.05, 0.1) is 16.1 Å². The molecule has 0 aliphatic rings. The maximum absolute atomic E-state index is 12.3. The molecule has 0 fully saturated rings. The van der Waals surface area contributed by atoms with E-state index in [2.05, 4.69) is 10.6 Å². The van der Waals surface area contributed by atoms with Gasteiger partial charge in [-0.1, -0.05) is 24.6 Å². The lowest BCUT2D eigenvalue weighted by Gasteiger charge is -2.13. The summed E-state index contributed by atoms with van der Waals surface area (Å²) in [5, 5.41) is 7.49. The molecule has 2 N–H and O–H groups in total. The van der Waals surface area contributed by atoms with Gasteiger partial charge in [0.25, 0.3) is 11.8 Å². The van der Waals surface area contributed by atoms with Crippen LogP contribution in [0.4, 0.5) is 5.69 Å². The number of carbonyl (C=O) groups is 3. The van der Waals surface area contributed by atoms with Crippen LogP contribution in [-0.4, -0.2) is 30.4 Å². The fraction of sp³-hybridized carbons (Fsp3) is 0.278. The Morgan fingerprint density at radius 3 is 2.69 bits per heavy atom. The highest BCUT2D eigenvalue weighted by atomic mass is 35.5. The number of halogens is 1. The SMILES string of the molecule is CC[C@H](C)NC(=O)COC(=O)c1ccc(Cl)cc1NC(=O)c1cccs1. The summed E-state index contributed by atoms with van der Waals surface area (Å²) >= 11 is 7.24. The molecule has 26 heavy (non-hydrogen) atoms. The number of hydrogen-bond donors (Lipinski definition) is 2. The molecular formula is C18H19ClN2O4S. The average molecular weight is 395 g/mol. The minimum absolute atomic E-state index is 0.00243. The minimum Gasteiger partial charge on any atom is -0.452 e. The zero-order valence-electron chi connectivity index (χ0n) is 14.4. The lowest BCUT2D eigenvalue weighted by atomic mass is 10.1. The molecular weight excluding hydrogens is 376 g/mol. The van der Waals surface area contributed by atoms with Gasteiger partial charge in [0.15, 0.2) is 6.61 Å². The molecule has 2 rings (SSSR count). The van der Waals surface area contributed by atoms with Crippen LogP contribution in [0.5, 0.6) is 0 Å². The van der Waals surface area contributed by atoms with Crippen LogP contribution in [0.15, 0.2) is 35.7 Å². The zero-order valence-corrected chi connectivity index (χ0v) is 15.9. The maximum Gasteiger partial charge on any atom is 0.340 e. The summed E-state index contributed by atoms with van der Waals surface area (Å²) in [5.74, 6) is -1.46. The molecule has 0 unspecified atom stereocenters. The Morgan fingerprint density at radius 2 is 2.04 bits per heavy atom. The number of nitrogens with one attached hydrogen (secondary N) is 2. The summed E-state index contributed by atoms with van der Waals surface area (Å²) in [7, 11) is 0. The Morgan fingerprint density at radius 1 is 1.27 bits per heavy atom. The monoisotopic (exact) mass is 394 g/mol. The van der Waals surface area contributed by atoms with E-state index in [0.717, 1.165) is 6.42 Å². The molecule has 0 bridgehead atoms. The van der Waals surface area contributed by atoms with E-state index in [9.17, 15) is 14.4 Å². The molecule has 0 aliphatic carbocycles. The third-order valence-electron chi connectivity index (χ3n) is 3.55. The number of rotatable bonds is 7. The van der Waals surface area contributed by atoms with Crippen molar-refractivity contribution in [1.29, 1.82) is 0 Å². The van der Waals surface area contributed by atoms with Gasteiger partial charge in [0.2, 0.25) is 0 Å². The number of ether oxygens (including phenoxy) is 1. The summed E-state index contributed by atoms with van der Waals surface area (Å²) in [6.45, 7) is 3.40. The van der Waals surface area contributed by atoms with Crippen LogP contribution in [0.25, 0.3) is 0 Å². The van der Waals surface area contributed by atoms with E-state index < -0.39 is 12.6 Å². The highest BCUT2D eigenvalue weighted by Crippen LogP contribution is 2.23. The number of amides is 2. The predicted octanol–water partition coefficient (Wildman–Crippen LogP) is 3.73. The first kappa shape index (κ1) is 19.9. The van der Waals surface area contributed by atoms with Crippen LogP contribution in [0, 0.1) is 0 Å². The van der Waals surface area contributed by atoms with Gasteiger partial charge >= 0.3 is 5.97 Å². The summed E-state index contributed by atoms with van der Waals surface area (Å²) in [6, 6.07) is 7.84. The Labute approximate surface area is 160 Å². The van der Waals surface area contributed by atoms with Crippen molar-refractivity contribution in [3.63, 3.8) is 0 Å². The van der Waals surface area contributed by atoms with Gasteiger partial charge in [-0.05, 0) is 43.0 Å². The quantitative estimate of drug-likeness (QED) is 0.701. The second kappa shape index (κ2) is 9.35. The Hall–Kier alpha value is -2.38. The molecule has 0 aliphatic heterocycles. The molecule has 138 valence electrons. The first-order valence-corrected chi connectivity index (χ1v) is 9.27. The van der Waals surface area contributed by atoms with Crippen molar-refractivity contribution in [2.75, 3.05) is 11.9 Å². The zero-order chi connectivity index (χ0) is 19.1. The van der Waals surface area contributed by atoms with E-state index in [1.54, 1.807) is 17.5 Å². The second-order valence-corrected chi connectivity index (χ2v) is 6.96. The van der Waals surface area contributed by atoms with E-state index in [4.69, 9.17) is 16.3 Å². The van der Waals surface area contributed by atoms with Crippen molar-refractivity contribution < 1.29 is 19.1 Å². The molecule has 1 heterocycles. The molecule has 0 spiro atoms. The minimum atomic E-state index is -0.720. The van der Waals surface area contributed by atoms with Crippen LogP contribution in [-0.2, 0) is 9.53 Å². The lowest BCUT2D eigenvalue weighted by Crippen LogP contribution is -2.35. The Bertz CT molecular complexity index is 792. The van der Waals surface area contributed by atoms with E-state index in [0.29, 0.717) is 9.90 Å². The van der Waals surface area contributed by atoms with Crippen LogP contribution in [0.2, 0.25) is 5.02 Å². The predicted molar refractivity (Wildman–Crippen MR) is 102 cm³/mol. The van der Waals surface area contributed by atoms with Crippen molar-refractivity contribution in [3.8, 4) is 0 Å². The molecule has 0 radical (unpaired) electrons. The lowest BCUT2D eigenvalue weighted by molar-refractivity contribution is -0.124. The first-order chi connectivity index (χ1) is 12.4. The van der Waals surface area contributed by atoms with Crippen molar-refractivity contribution in [3.05, 3.63) is 51.2 Å². The second-order valence-electron chi connectivity index (χ2n) is 5.57. The third-order valence-corrected chi connectivity index (χ3v) is 4.65. The van der Waals surface area contributed by atoms with Crippen LogP contribution in [0.3, 0.4) is 0 Å². The topological polar surface area (TPSA) is 84.5 Å². The standard InChI is InChI=1S/C18H19ClN2O4S/c1-3-11(2)20-16(22)10-25-18(24)13-7-6-12(19)9-14(13)21-17(23)15-5-4-8-26-15/h4-9,11H,3,10H2,1-2H3,(H,20,22)(H,21,23)/t11-/m0/s1. The number of esters is 1. The van der Waals surface area contributed by atoms with Gasteiger partial charge in [-0.15, -0.1) is 11.3 Å². The first-order valence-electron chi connectivity index (χ1n) is 8.01. The molecule has 2 amide bonds. The largest absolute Gasteiger partial charge is 0.452 e. The normalized spacial score (nSPS) is 11.5. The smallest absolute Gasteiger partial charge is 0.340 e. The van der Waals surface area contributed by atoms with E-state index in [-0.39, 0.29) is 29.1 Å². The van der Waals surface area contributed by atoms with Crippen molar-refractivity contribution in [2.24, 2.45) is 0 Å². The van der Waals surface area contributed by atoms with Gasteiger partial charge in [0.1, 0.15) is 0 Å². The van der Waals surface area contributed by atoms with Crippen LogP contribution in [0.1, 0.15) is 40.3 Å². The molecule has 0 saturated carbocycles. The average Bonchev–Trinajstić information content (AvgIpc) is 3.14. The highest BCUT2D eigenvalue weighted by molar-refractivity contribution is 7.12. The number of benzene rings is 1. The van der Waals surface area contributed by atoms with Gasteiger partial charge in [-0.25, -0.2) is 4.79 Å². The summed E-state index contributed by atoms with van der Waals surface area (Å²) in [5.41, 5.74) is 0.346. The number of hydrogen-bond acceptors (Lipinski definition) is 5. The molecule has 1 aromatic carbocycles. The molecule has 1 atom stereocenters. The Balaban J connectivity index is 2.07. The van der Waals surface area contributed by atoms with E-state index in [1.165, 1.54) is 29.5 Å². The Kier molecular flexibility index (Phi) is 7.17. The number of carbonyl (C=O) groups excluding carboxylic acids is 3. The van der Waals surface area contributed by atoms with Crippen LogP contribution < -0.4 is 10.6 Å². The number of thiophene rings is 1.